The number of hydrogen-bond donors (Lipinski definition) is 1. The van der Waals surface area contributed by atoms with Gasteiger partial charge in [0, 0.05) is 37.5 Å². The summed E-state index contributed by atoms with van der Waals surface area (Å²) in [6.45, 7) is 5.13. The van der Waals surface area contributed by atoms with Gasteiger partial charge < -0.3 is 10.2 Å². The van der Waals surface area contributed by atoms with E-state index in [1.807, 2.05) is 14.1 Å². The highest BCUT2D eigenvalue weighted by Gasteiger charge is 2.08. The molecule has 0 aliphatic carbocycles. The topological polar surface area (TPSA) is 41.1 Å². The van der Waals surface area contributed by atoms with Crippen molar-refractivity contribution in [2.75, 3.05) is 30.9 Å². The first-order valence-electron chi connectivity index (χ1n) is 6.96. The molecule has 2 aromatic rings. The van der Waals surface area contributed by atoms with E-state index >= 15 is 0 Å². The van der Waals surface area contributed by atoms with Crippen molar-refractivity contribution in [2.45, 2.75) is 20.3 Å². The minimum absolute atomic E-state index is 0.925. The highest BCUT2D eigenvalue weighted by Crippen LogP contribution is 2.26. The standard InChI is InChI=1S/C16H22N4/c1-5-10-17-16-12(2)15(18-11-19-16)13-6-8-14(9-7-13)20(3)4/h6-9,11H,5,10H2,1-4H3,(H,17,18,19). The molecule has 0 aliphatic rings. The highest BCUT2D eigenvalue weighted by molar-refractivity contribution is 5.69. The first kappa shape index (κ1) is 14.3. The van der Waals surface area contributed by atoms with E-state index in [2.05, 4.69) is 58.3 Å². The predicted molar refractivity (Wildman–Crippen MR) is 85.3 cm³/mol. The van der Waals surface area contributed by atoms with Gasteiger partial charge in [0.2, 0.25) is 0 Å². The van der Waals surface area contributed by atoms with Gasteiger partial charge in [-0.1, -0.05) is 19.1 Å². The molecular formula is C16H22N4. The molecule has 1 N–H and O–H groups in total. The second-order valence-corrected chi connectivity index (χ2v) is 5.06. The number of nitrogens with zero attached hydrogens (tertiary/aromatic N) is 3. The highest BCUT2D eigenvalue weighted by atomic mass is 15.1. The maximum Gasteiger partial charge on any atom is 0.132 e. The number of rotatable bonds is 5. The normalized spacial score (nSPS) is 10.4. The third-order valence-electron chi connectivity index (χ3n) is 3.28. The van der Waals surface area contributed by atoms with E-state index in [0.29, 0.717) is 0 Å². The van der Waals surface area contributed by atoms with Crippen molar-refractivity contribution in [1.82, 2.24) is 9.97 Å². The molecule has 0 unspecified atom stereocenters. The molecular weight excluding hydrogens is 248 g/mol. The van der Waals surface area contributed by atoms with Crippen LogP contribution in [0.3, 0.4) is 0 Å². The van der Waals surface area contributed by atoms with E-state index in [9.17, 15) is 0 Å². The van der Waals surface area contributed by atoms with Gasteiger partial charge in [-0.3, -0.25) is 0 Å². The zero-order valence-electron chi connectivity index (χ0n) is 12.6. The fraction of sp³-hybridized carbons (Fsp3) is 0.375. The number of nitrogens with one attached hydrogen (secondary N) is 1. The molecule has 0 spiro atoms. The van der Waals surface area contributed by atoms with Gasteiger partial charge in [0.15, 0.2) is 0 Å². The van der Waals surface area contributed by atoms with Crippen molar-refractivity contribution >= 4 is 11.5 Å². The third kappa shape index (κ3) is 3.07. The summed E-state index contributed by atoms with van der Waals surface area (Å²) in [4.78, 5) is 10.8. The molecule has 2 rings (SSSR count). The Morgan fingerprint density at radius 3 is 2.40 bits per heavy atom. The monoisotopic (exact) mass is 270 g/mol. The third-order valence-corrected chi connectivity index (χ3v) is 3.28. The Hall–Kier alpha value is -2.10. The molecule has 0 aliphatic heterocycles. The SMILES string of the molecule is CCCNc1ncnc(-c2ccc(N(C)C)cc2)c1C. The molecule has 1 aromatic heterocycles. The van der Waals surface area contributed by atoms with Gasteiger partial charge in [-0.25, -0.2) is 9.97 Å². The van der Waals surface area contributed by atoms with Crippen molar-refractivity contribution < 1.29 is 0 Å². The minimum Gasteiger partial charge on any atom is -0.378 e. The Morgan fingerprint density at radius 1 is 1.10 bits per heavy atom. The molecule has 0 fully saturated rings. The lowest BCUT2D eigenvalue weighted by Gasteiger charge is -2.14. The summed E-state index contributed by atoms with van der Waals surface area (Å²) in [6, 6.07) is 8.43. The van der Waals surface area contributed by atoms with Crippen molar-refractivity contribution in [3.8, 4) is 11.3 Å². The zero-order chi connectivity index (χ0) is 14.5. The largest absolute Gasteiger partial charge is 0.378 e. The number of aromatic nitrogens is 2. The summed E-state index contributed by atoms with van der Waals surface area (Å²) in [5.41, 5.74) is 4.39. The predicted octanol–water partition coefficient (Wildman–Crippen LogP) is 3.34. The Bertz CT molecular complexity index is 561. The van der Waals surface area contributed by atoms with Crippen LogP contribution in [0.2, 0.25) is 0 Å². The average molecular weight is 270 g/mol. The zero-order valence-corrected chi connectivity index (χ0v) is 12.6. The number of hydrogen-bond acceptors (Lipinski definition) is 4. The molecule has 1 aromatic carbocycles. The molecule has 4 heteroatoms. The van der Waals surface area contributed by atoms with Gasteiger partial charge >= 0.3 is 0 Å². The summed E-state index contributed by atoms with van der Waals surface area (Å²) in [5, 5.41) is 3.34. The number of anilines is 2. The van der Waals surface area contributed by atoms with E-state index in [4.69, 9.17) is 0 Å². The molecule has 106 valence electrons. The fourth-order valence-corrected chi connectivity index (χ4v) is 2.08. The van der Waals surface area contributed by atoms with Gasteiger partial charge in [0.05, 0.1) is 5.69 Å². The Kier molecular flexibility index (Phi) is 4.56. The van der Waals surface area contributed by atoms with Crippen LogP contribution in [0, 0.1) is 6.92 Å². The maximum atomic E-state index is 4.43. The van der Waals surface area contributed by atoms with Crippen LogP contribution < -0.4 is 10.2 Å². The maximum absolute atomic E-state index is 4.43. The van der Waals surface area contributed by atoms with Gasteiger partial charge in [0.1, 0.15) is 12.1 Å². The Morgan fingerprint density at radius 2 is 1.80 bits per heavy atom. The molecule has 1 heterocycles. The van der Waals surface area contributed by atoms with E-state index < -0.39 is 0 Å². The van der Waals surface area contributed by atoms with Gasteiger partial charge in [0.25, 0.3) is 0 Å². The number of benzene rings is 1. The smallest absolute Gasteiger partial charge is 0.132 e. The van der Waals surface area contributed by atoms with E-state index in [-0.39, 0.29) is 0 Å². The summed E-state index contributed by atoms with van der Waals surface area (Å²) >= 11 is 0. The molecule has 20 heavy (non-hydrogen) atoms. The van der Waals surface area contributed by atoms with Crippen LogP contribution >= 0.6 is 0 Å². The lowest BCUT2D eigenvalue weighted by atomic mass is 10.1. The van der Waals surface area contributed by atoms with Gasteiger partial charge in [-0.2, -0.15) is 0 Å². The molecule has 0 radical (unpaired) electrons. The first-order chi connectivity index (χ1) is 9.63. The summed E-state index contributed by atoms with van der Waals surface area (Å²) in [5.74, 6) is 0.925. The molecule has 0 saturated carbocycles. The lowest BCUT2D eigenvalue weighted by molar-refractivity contribution is 0.960. The fourth-order valence-electron chi connectivity index (χ4n) is 2.08. The van der Waals surface area contributed by atoms with Crippen LogP contribution in [0.15, 0.2) is 30.6 Å². The van der Waals surface area contributed by atoms with Crippen LogP contribution in [-0.2, 0) is 0 Å². The van der Waals surface area contributed by atoms with Crippen molar-refractivity contribution in [3.05, 3.63) is 36.2 Å². The summed E-state index contributed by atoms with van der Waals surface area (Å²) in [7, 11) is 4.08. The summed E-state index contributed by atoms with van der Waals surface area (Å²) in [6.07, 6.45) is 2.70. The van der Waals surface area contributed by atoms with Crippen LogP contribution in [0.5, 0.6) is 0 Å². The molecule has 0 saturated heterocycles. The van der Waals surface area contributed by atoms with Crippen LogP contribution in [0.1, 0.15) is 18.9 Å². The second-order valence-electron chi connectivity index (χ2n) is 5.06. The summed E-state index contributed by atoms with van der Waals surface area (Å²) < 4.78 is 0. The first-order valence-corrected chi connectivity index (χ1v) is 6.96. The van der Waals surface area contributed by atoms with Crippen LogP contribution in [0.4, 0.5) is 11.5 Å². The van der Waals surface area contributed by atoms with Crippen molar-refractivity contribution in [1.29, 1.82) is 0 Å². The molecule has 0 bridgehead atoms. The van der Waals surface area contributed by atoms with E-state index in [0.717, 1.165) is 35.6 Å². The van der Waals surface area contributed by atoms with Crippen LogP contribution in [0.25, 0.3) is 11.3 Å². The average Bonchev–Trinajstić information content (AvgIpc) is 2.46. The van der Waals surface area contributed by atoms with Gasteiger partial charge in [-0.15, -0.1) is 0 Å². The Balaban J connectivity index is 2.32. The minimum atomic E-state index is 0.925. The second kappa shape index (κ2) is 6.37. The Labute approximate surface area is 120 Å². The lowest BCUT2D eigenvalue weighted by Crippen LogP contribution is -2.08. The van der Waals surface area contributed by atoms with E-state index in [1.54, 1.807) is 6.33 Å². The quantitative estimate of drug-likeness (QED) is 0.904. The van der Waals surface area contributed by atoms with E-state index in [1.165, 1.54) is 5.69 Å². The van der Waals surface area contributed by atoms with Crippen LogP contribution in [-0.4, -0.2) is 30.6 Å². The van der Waals surface area contributed by atoms with Crippen molar-refractivity contribution in [3.63, 3.8) is 0 Å². The molecule has 4 nitrogen and oxygen atoms in total. The van der Waals surface area contributed by atoms with Crippen molar-refractivity contribution in [2.24, 2.45) is 0 Å². The molecule has 0 atom stereocenters. The van der Waals surface area contributed by atoms with Gasteiger partial charge in [-0.05, 0) is 25.5 Å². The molecule has 0 amide bonds.